The molecule has 1 saturated heterocycles. The SMILES string of the molecule is CCOc1ccc(S(=O)(=O)N2CCC[C@@H](C(=O)NC3CCCCCCC3)C2)cc1. The zero-order chi connectivity index (χ0) is 20.7. The first-order valence-corrected chi connectivity index (χ1v) is 12.5. The largest absolute Gasteiger partial charge is 0.494 e. The van der Waals surface area contributed by atoms with Crippen molar-refractivity contribution in [3.63, 3.8) is 0 Å². The second kappa shape index (κ2) is 10.4. The zero-order valence-corrected chi connectivity index (χ0v) is 18.3. The number of hydrogen-bond acceptors (Lipinski definition) is 4. The number of nitrogens with one attached hydrogen (secondary N) is 1. The summed E-state index contributed by atoms with van der Waals surface area (Å²) in [5.74, 6) is 0.398. The van der Waals surface area contributed by atoms with Crippen LogP contribution in [0, 0.1) is 5.92 Å². The molecular weight excluding hydrogens is 388 g/mol. The molecule has 1 aliphatic heterocycles. The van der Waals surface area contributed by atoms with E-state index in [1.54, 1.807) is 24.3 Å². The number of rotatable bonds is 6. The molecule has 1 heterocycles. The first-order chi connectivity index (χ1) is 14.0. The van der Waals surface area contributed by atoms with E-state index in [-0.39, 0.29) is 29.3 Å². The molecule has 1 saturated carbocycles. The van der Waals surface area contributed by atoms with Crippen molar-refractivity contribution in [3.8, 4) is 5.75 Å². The Labute approximate surface area is 175 Å². The van der Waals surface area contributed by atoms with Gasteiger partial charge in [-0.1, -0.05) is 32.1 Å². The molecule has 3 rings (SSSR count). The van der Waals surface area contributed by atoms with Crippen molar-refractivity contribution in [1.29, 1.82) is 0 Å². The van der Waals surface area contributed by atoms with Crippen molar-refractivity contribution in [2.24, 2.45) is 5.92 Å². The Morgan fingerprint density at radius 1 is 1.03 bits per heavy atom. The van der Waals surface area contributed by atoms with Gasteiger partial charge in [0, 0.05) is 19.1 Å². The summed E-state index contributed by atoms with van der Waals surface area (Å²) in [6, 6.07) is 6.76. The van der Waals surface area contributed by atoms with Gasteiger partial charge < -0.3 is 10.1 Å². The van der Waals surface area contributed by atoms with Crippen LogP contribution in [0.5, 0.6) is 5.75 Å². The summed E-state index contributed by atoms with van der Waals surface area (Å²) in [5.41, 5.74) is 0. The van der Waals surface area contributed by atoms with Crippen LogP contribution in [0.4, 0.5) is 0 Å². The van der Waals surface area contributed by atoms with Crippen LogP contribution in [0.1, 0.15) is 64.7 Å². The Kier molecular flexibility index (Phi) is 7.95. The summed E-state index contributed by atoms with van der Waals surface area (Å²) in [6.07, 6.45) is 9.61. The first kappa shape index (κ1) is 22.1. The summed E-state index contributed by atoms with van der Waals surface area (Å²) in [4.78, 5) is 13.1. The van der Waals surface area contributed by atoms with Crippen molar-refractivity contribution in [3.05, 3.63) is 24.3 Å². The van der Waals surface area contributed by atoms with E-state index < -0.39 is 10.0 Å². The number of nitrogens with zero attached hydrogens (tertiary/aromatic N) is 1. The Bertz CT molecular complexity index is 756. The fraction of sp³-hybridized carbons (Fsp3) is 0.682. The van der Waals surface area contributed by atoms with Crippen molar-refractivity contribution < 1.29 is 17.9 Å². The topological polar surface area (TPSA) is 75.7 Å². The molecule has 1 aromatic rings. The fourth-order valence-corrected chi connectivity index (χ4v) is 5.84. The Balaban J connectivity index is 1.61. The second-order valence-electron chi connectivity index (χ2n) is 8.16. The van der Waals surface area contributed by atoms with Gasteiger partial charge in [0.05, 0.1) is 17.4 Å². The number of amides is 1. The van der Waals surface area contributed by atoms with Gasteiger partial charge in [-0.2, -0.15) is 4.31 Å². The summed E-state index contributed by atoms with van der Waals surface area (Å²) >= 11 is 0. The molecule has 0 radical (unpaired) electrons. The minimum absolute atomic E-state index is 0.0159. The Morgan fingerprint density at radius 2 is 1.69 bits per heavy atom. The van der Waals surface area contributed by atoms with Gasteiger partial charge in [0.1, 0.15) is 5.75 Å². The van der Waals surface area contributed by atoms with Gasteiger partial charge in [0.15, 0.2) is 0 Å². The highest BCUT2D eigenvalue weighted by molar-refractivity contribution is 7.89. The number of carbonyl (C=O) groups excluding carboxylic acids is 1. The zero-order valence-electron chi connectivity index (χ0n) is 17.4. The van der Waals surface area contributed by atoms with E-state index in [2.05, 4.69) is 5.32 Å². The molecule has 1 amide bonds. The molecule has 2 fully saturated rings. The predicted molar refractivity (Wildman–Crippen MR) is 113 cm³/mol. The molecule has 6 nitrogen and oxygen atoms in total. The number of hydrogen-bond donors (Lipinski definition) is 1. The maximum absolute atomic E-state index is 13.1. The number of sulfonamides is 1. The predicted octanol–water partition coefficient (Wildman–Crippen LogP) is 3.72. The number of benzene rings is 1. The molecule has 1 N–H and O–H groups in total. The van der Waals surface area contributed by atoms with Gasteiger partial charge in [0.25, 0.3) is 0 Å². The minimum Gasteiger partial charge on any atom is -0.494 e. The third kappa shape index (κ3) is 5.95. The van der Waals surface area contributed by atoms with Gasteiger partial charge in [-0.25, -0.2) is 8.42 Å². The molecule has 0 bridgehead atoms. The summed E-state index contributed by atoms with van der Waals surface area (Å²) in [5, 5.41) is 3.21. The molecule has 1 aliphatic carbocycles. The number of ether oxygens (including phenoxy) is 1. The maximum atomic E-state index is 13.1. The van der Waals surface area contributed by atoms with Crippen molar-refractivity contribution in [2.45, 2.75) is 75.6 Å². The van der Waals surface area contributed by atoms with E-state index in [1.807, 2.05) is 6.92 Å². The van der Waals surface area contributed by atoms with E-state index in [1.165, 1.54) is 23.6 Å². The van der Waals surface area contributed by atoms with E-state index in [9.17, 15) is 13.2 Å². The van der Waals surface area contributed by atoms with E-state index >= 15 is 0 Å². The third-order valence-electron chi connectivity index (χ3n) is 5.98. The average molecular weight is 423 g/mol. The van der Waals surface area contributed by atoms with Crippen molar-refractivity contribution >= 4 is 15.9 Å². The van der Waals surface area contributed by atoms with Gasteiger partial charge in [-0.3, -0.25) is 4.79 Å². The fourth-order valence-electron chi connectivity index (χ4n) is 4.32. The highest BCUT2D eigenvalue weighted by atomic mass is 32.2. The van der Waals surface area contributed by atoms with Crippen LogP contribution in [-0.4, -0.2) is 44.4 Å². The normalized spacial score (nSPS) is 22.4. The molecule has 162 valence electrons. The number of piperidine rings is 1. The highest BCUT2D eigenvalue weighted by Gasteiger charge is 2.34. The third-order valence-corrected chi connectivity index (χ3v) is 7.86. The highest BCUT2D eigenvalue weighted by Crippen LogP contribution is 2.26. The molecule has 0 unspecified atom stereocenters. The molecule has 7 heteroatoms. The molecule has 0 spiro atoms. The molecular formula is C22H34N2O4S. The van der Waals surface area contributed by atoms with Crippen molar-refractivity contribution in [1.82, 2.24) is 9.62 Å². The smallest absolute Gasteiger partial charge is 0.243 e. The van der Waals surface area contributed by atoms with Crippen molar-refractivity contribution in [2.75, 3.05) is 19.7 Å². The van der Waals surface area contributed by atoms with Crippen LogP contribution in [0.3, 0.4) is 0 Å². The Hall–Kier alpha value is -1.60. The van der Waals surface area contributed by atoms with Gasteiger partial charge in [-0.05, 0) is 56.9 Å². The standard InChI is InChI=1S/C22H34N2O4S/c1-2-28-20-12-14-21(15-13-20)29(26,27)24-16-8-9-18(17-24)22(25)23-19-10-6-4-3-5-7-11-19/h12-15,18-19H,2-11,16-17H2,1H3,(H,23,25)/t18-/m1/s1. The van der Waals surface area contributed by atoms with E-state index in [0.29, 0.717) is 25.3 Å². The van der Waals surface area contributed by atoms with Gasteiger partial charge in [0.2, 0.25) is 15.9 Å². The summed E-state index contributed by atoms with van der Waals surface area (Å²) < 4.78 is 33.0. The lowest BCUT2D eigenvalue weighted by atomic mass is 9.94. The summed E-state index contributed by atoms with van der Waals surface area (Å²) in [6.45, 7) is 3.15. The first-order valence-electron chi connectivity index (χ1n) is 11.0. The average Bonchev–Trinajstić information content (AvgIpc) is 2.70. The maximum Gasteiger partial charge on any atom is 0.243 e. The van der Waals surface area contributed by atoms with E-state index in [0.717, 1.165) is 32.1 Å². The summed E-state index contributed by atoms with van der Waals surface area (Å²) in [7, 11) is -3.61. The lowest BCUT2D eigenvalue weighted by Crippen LogP contribution is -2.47. The van der Waals surface area contributed by atoms with Crippen LogP contribution in [0.2, 0.25) is 0 Å². The van der Waals surface area contributed by atoms with Crippen LogP contribution >= 0.6 is 0 Å². The lowest BCUT2D eigenvalue weighted by molar-refractivity contribution is -0.126. The Morgan fingerprint density at radius 3 is 2.34 bits per heavy atom. The monoisotopic (exact) mass is 422 g/mol. The number of carbonyl (C=O) groups is 1. The van der Waals surface area contributed by atoms with E-state index in [4.69, 9.17) is 4.74 Å². The van der Waals surface area contributed by atoms with Gasteiger partial charge in [-0.15, -0.1) is 0 Å². The quantitative estimate of drug-likeness (QED) is 0.758. The van der Waals surface area contributed by atoms with Crippen LogP contribution in [-0.2, 0) is 14.8 Å². The minimum atomic E-state index is -3.61. The molecule has 0 aromatic heterocycles. The van der Waals surface area contributed by atoms with Gasteiger partial charge >= 0.3 is 0 Å². The molecule has 2 aliphatic rings. The van der Waals surface area contributed by atoms with Crippen LogP contribution in [0.15, 0.2) is 29.2 Å². The second-order valence-corrected chi connectivity index (χ2v) is 10.1. The molecule has 29 heavy (non-hydrogen) atoms. The van der Waals surface area contributed by atoms with Crippen LogP contribution in [0.25, 0.3) is 0 Å². The molecule has 1 atom stereocenters. The lowest BCUT2D eigenvalue weighted by Gasteiger charge is -2.32. The molecule has 1 aromatic carbocycles. The van der Waals surface area contributed by atoms with Crippen LogP contribution < -0.4 is 10.1 Å².